The van der Waals surface area contributed by atoms with Gasteiger partial charge in [0.1, 0.15) is 5.56 Å². The predicted octanol–water partition coefficient (Wildman–Crippen LogP) is 1.73. The molecule has 19 heteroatoms. The molecule has 2 heterocycles. The summed E-state index contributed by atoms with van der Waals surface area (Å²) in [4.78, 5) is 27.9. The second-order valence-electron chi connectivity index (χ2n) is 6.38. The van der Waals surface area contributed by atoms with Gasteiger partial charge in [-0.15, -0.1) is 10.2 Å². The summed E-state index contributed by atoms with van der Waals surface area (Å²) in [5.74, 6) is -3.12. The standard InChI is InChI=1S/C16H13N5O10S4/c22-12-10(14(24)25)7-11(13(23)21(12)8-1-3-9(4-2-8)35(29,30)31)18-19-15-17-16(20-33-15)32-5-6-34(26,27)28/h1-4,7,22H,5-6H2,(H,24,25)(H,26,27,28)(H,29,30,31). The Bertz CT molecular complexity index is 1580. The van der Waals surface area contributed by atoms with Crippen molar-refractivity contribution >= 4 is 60.3 Å². The summed E-state index contributed by atoms with van der Waals surface area (Å²) in [5.41, 5.74) is -2.37. The number of carboxylic acids is 1. The van der Waals surface area contributed by atoms with Crippen LogP contribution in [-0.4, -0.2) is 67.6 Å². The van der Waals surface area contributed by atoms with Gasteiger partial charge in [0.05, 0.1) is 16.3 Å². The lowest BCUT2D eigenvalue weighted by molar-refractivity contribution is 0.0692. The topological polar surface area (TPSA) is 239 Å². The first-order valence-electron chi connectivity index (χ1n) is 8.90. The SMILES string of the molecule is O=C(O)c1cc(N=Nc2nc(SCCS(=O)(=O)O)ns2)c(=O)n(-c2ccc(S(=O)(=O)O)cc2)c1O. The number of nitrogens with zero attached hydrogens (tertiary/aromatic N) is 5. The fraction of sp³-hybridized carbons (Fsp3) is 0.125. The van der Waals surface area contributed by atoms with Crippen molar-refractivity contribution in [3.8, 4) is 11.6 Å². The molecule has 0 fully saturated rings. The molecule has 1 aromatic carbocycles. The first-order valence-corrected chi connectivity index (χ1v) is 13.7. The number of benzene rings is 1. The van der Waals surface area contributed by atoms with Gasteiger partial charge >= 0.3 is 5.97 Å². The molecule has 0 aliphatic heterocycles. The first-order chi connectivity index (χ1) is 16.3. The predicted molar refractivity (Wildman–Crippen MR) is 122 cm³/mol. The maximum Gasteiger partial charge on any atom is 0.341 e. The van der Waals surface area contributed by atoms with Crippen molar-refractivity contribution in [1.82, 2.24) is 13.9 Å². The van der Waals surface area contributed by atoms with Gasteiger partial charge in [0.15, 0.2) is 5.69 Å². The average molecular weight is 564 g/mol. The summed E-state index contributed by atoms with van der Waals surface area (Å²) in [6.07, 6.45) is 0. The van der Waals surface area contributed by atoms with Crippen molar-refractivity contribution in [3.63, 3.8) is 0 Å². The number of azo groups is 1. The number of hydrogen-bond acceptors (Lipinski definition) is 13. The molecule has 35 heavy (non-hydrogen) atoms. The molecule has 0 bridgehead atoms. The molecule has 0 aliphatic rings. The molecule has 0 atom stereocenters. The van der Waals surface area contributed by atoms with E-state index < -0.39 is 59.5 Å². The molecule has 0 saturated carbocycles. The number of aromatic carboxylic acids is 1. The lowest BCUT2D eigenvalue weighted by Gasteiger charge is -2.11. The molecule has 15 nitrogen and oxygen atoms in total. The molecule has 2 aromatic heterocycles. The van der Waals surface area contributed by atoms with Gasteiger partial charge < -0.3 is 10.2 Å². The second kappa shape index (κ2) is 10.2. The molecule has 0 aliphatic carbocycles. The van der Waals surface area contributed by atoms with Crippen LogP contribution < -0.4 is 5.56 Å². The van der Waals surface area contributed by atoms with Crippen molar-refractivity contribution in [2.45, 2.75) is 10.1 Å². The van der Waals surface area contributed by atoms with E-state index in [0.717, 1.165) is 53.6 Å². The van der Waals surface area contributed by atoms with E-state index in [4.69, 9.17) is 9.11 Å². The van der Waals surface area contributed by atoms with Crippen molar-refractivity contribution in [1.29, 1.82) is 0 Å². The quantitative estimate of drug-likeness (QED) is 0.165. The fourth-order valence-electron chi connectivity index (χ4n) is 2.47. The highest BCUT2D eigenvalue weighted by molar-refractivity contribution is 8.00. The van der Waals surface area contributed by atoms with Gasteiger partial charge in [-0.1, -0.05) is 11.8 Å². The van der Waals surface area contributed by atoms with Crippen molar-refractivity contribution in [3.05, 3.63) is 46.2 Å². The zero-order chi connectivity index (χ0) is 26.0. The van der Waals surface area contributed by atoms with Crippen LogP contribution in [0.5, 0.6) is 5.88 Å². The number of aromatic hydroxyl groups is 1. The Balaban J connectivity index is 1.97. The maximum atomic E-state index is 12.9. The molecule has 3 rings (SSSR count). The number of thioether (sulfide) groups is 1. The Morgan fingerprint density at radius 2 is 1.77 bits per heavy atom. The van der Waals surface area contributed by atoms with Crippen LogP contribution in [0.1, 0.15) is 10.4 Å². The molecule has 4 N–H and O–H groups in total. The maximum absolute atomic E-state index is 12.9. The van der Waals surface area contributed by atoms with E-state index in [-0.39, 0.29) is 21.7 Å². The minimum Gasteiger partial charge on any atom is -0.494 e. The van der Waals surface area contributed by atoms with E-state index in [2.05, 4.69) is 19.6 Å². The van der Waals surface area contributed by atoms with Crippen LogP contribution in [0.25, 0.3) is 5.69 Å². The van der Waals surface area contributed by atoms with E-state index in [1.807, 2.05) is 0 Å². The van der Waals surface area contributed by atoms with Crippen LogP contribution in [0.15, 0.2) is 55.4 Å². The third-order valence-corrected chi connectivity index (χ3v) is 7.40. The van der Waals surface area contributed by atoms with Gasteiger partial charge in [-0.05, 0) is 30.3 Å². The number of hydrogen-bond donors (Lipinski definition) is 4. The Morgan fingerprint density at radius 3 is 2.34 bits per heavy atom. The highest BCUT2D eigenvalue weighted by atomic mass is 32.2. The van der Waals surface area contributed by atoms with E-state index in [0.29, 0.717) is 4.57 Å². The number of rotatable bonds is 9. The van der Waals surface area contributed by atoms with E-state index in [1.54, 1.807) is 0 Å². The minimum atomic E-state index is -4.54. The Morgan fingerprint density at radius 1 is 1.11 bits per heavy atom. The molecule has 0 radical (unpaired) electrons. The van der Waals surface area contributed by atoms with Crippen LogP contribution in [0.4, 0.5) is 10.8 Å². The second-order valence-corrected chi connectivity index (χ2v) is 11.2. The first kappa shape index (κ1) is 26.4. The van der Waals surface area contributed by atoms with Crippen LogP contribution in [0, 0.1) is 0 Å². The fourth-order valence-corrected chi connectivity index (χ4v) is 5.24. The van der Waals surface area contributed by atoms with Gasteiger partial charge in [-0.3, -0.25) is 13.9 Å². The highest BCUT2D eigenvalue weighted by Crippen LogP contribution is 2.27. The van der Waals surface area contributed by atoms with E-state index in [9.17, 15) is 36.6 Å². The molecule has 0 spiro atoms. The normalized spacial score (nSPS) is 12.3. The summed E-state index contributed by atoms with van der Waals surface area (Å²) in [6, 6.07) is 4.76. The summed E-state index contributed by atoms with van der Waals surface area (Å²) in [7, 11) is -8.69. The van der Waals surface area contributed by atoms with Crippen molar-refractivity contribution in [2.75, 3.05) is 11.5 Å². The van der Waals surface area contributed by atoms with Crippen LogP contribution in [0.2, 0.25) is 0 Å². The molecular formula is C16H13N5O10S4. The molecule has 0 saturated heterocycles. The number of pyridine rings is 1. The van der Waals surface area contributed by atoms with Crippen molar-refractivity contribution in [2.24, 2.45) is 10.2 Å². The third-order valence-electron chi connectivity index (χ3n) is 3.99. The molecule has 3 aromatic rings. The Kier molecular flexibility index (Phi) is 7.67. The third kappa shape index (κ3) is 6.68. The zero-order valence-corrected chi connectivity index (χ0v) is 20.2. The van der Waals surface area contributed by atoms with Gasteiger partial charge in [-0.25, -0.2) is 9.36 Å². The number of aromatic nitrogens is 3. The lowest BCUT2D eigenvalue weighted by atomic mass is 10.2. The minimum absolute atomic E-state index is 0.0346. The van der Waals surface area contributed by atoms with Crippen LogP contribution in [0.3, 0.4) is 0 Å². The van der Waals surface area contributed by atoms with Gasteiger partial charge in [-0.2, -0.15) is 26.2 Å². The zero-order valence-electron chi connectivity index (χ0n) is 16.9. The summed E-state index contributed by atoms with van der Waals surface area (Å²) in [6.45, 7) is 0. The number of carbonyl (C=O) groups is 1. The Hall–Kier alpha value is -3.23. The van der Waals surface area contributed by atoms with E-state index >= 15 is 0 Å². The summed E-state index contributed by atoms with van der Waals surface area (Å²) < 4.78 is 66.2. The monoisotopic (exact) mass is 563 g/mol. The largest absolute Gasteiger partial charge is 0.494 e. The molecular weight excluding hydrogens is 550 g/mol. The Labute approximate surface area is 204 Å². The van der Waals surface area contributed by atoms with Gasteiger partial charge in [0.2, 0.25) is 16.2 Å². The van der Waals surface area contributed by atoms with Crippen LogP contribution >= 0.6 is 23.3 Å². The van der Waals surface area contributed by atoms with Gasteiger partial charge in [0, 0.05) is 17.3 Å². The lowest BCUT2D eigenvalue weighted by Crippen LogP contribution is -2.20. The number of carboxylic acid groups (broad SMARTS) is 1. The van der Waals surface area contributed by atoms with Crippen molar-refractivity contribution < 1.29 is 40.9 Å². The van der Waals surface area contributed by atoms with Gasteiger partial charge in [0.25, 0.3) is 25.8 Å². The average Bonchev–Trinajstić information content (AvgIpc) is 3.19. The molecule has 0 amide bonds. The van der Waals surface area contributed by atoms with E-state index in [1.165, 1.54) is 0 Å². The summed E-state index contributed by atoms with van der Waals surface area (Å²) >= 11 is 1.66. The van der Waals surface area contributed by atoms with Crippen LogP contribution in [-0.2, 0) is 20.2 Å². The summed E-state index contributed by atoms with van der Waals surface area (Å²) in [5, 5.41) is 27.2. The molecule has 0 unspecified atom stereocenters. The molecule has 186 valence electrons. The smallest absolute Gasteiger partial charge is 0.341 e. The highest BCUT2D eigenvalue weighted by Gasteiger charge is 2.21.